The van der Waals surface area contributed by atoms with Gasteiger partial charge in [-0.25, -0.2) is 0 Å². The maximum Gasteiger partial charge on any atom is 0.129 e. The predicted octanol–water partition coefficient (Wildman–Crippen LogP) is 0.900. The van der Waals surface area contributed by atoms with Crippen molar-refractivity contribution in [1.29, 1.82) is 0 Å². The van der Waals surface area contributed by atoms with Crippen molar-refractivity contribution < 1.29 is 9.18 Å². The summed E-state index contributed by atoms with van der Waals surface area (Å²) in [4.78, 5) is 10.1. The van der Waals surface area contributed by atoms with Crippen LogP contribution in [0.3, 0.4) is 0 Å². The summed E-state index contributed by atoms with van der Waals surface area (Å²) in [5, 5.41) is 0. The first kappa shape index (κ1) is 11.4. The molecule has 0 aromatic rings. The van der Waals surface area contributed by atoms with E-state index in [9.17, 15) is 9.18 Å². The lowest BCUT2D eigenvalue weighted by atomic mass is 10.2. The fraction of sp³-hybridized carbons (Fsp3) is 0.833. The van der Waals surface area contributed by atoms with E-state index >= 15 is 0 Å². The average molecular weight is 135 g/mol. The molecule has 0 heterocycles. The molecule has 0 radical (unpaired) electrons. The van der Waals surface area contributed by atoms with Gasteiger partial charge in [-0.1, -0.05) is 0 Å². The van der Waals surface area contributed by atoms with E-state index in [1.165, 1.54) is 0 Å². The van der Waals surface area contributed by atoms with Crippen LogP contribution in [0.15, 0.2) is 0 Å². The summed E-state index contributed by atoms with van der Waals surface area (Å²) in [5.74, 6) is 0.227. The van der Waals surface area contributed by atoms with E-state index in [1.54, 1.807) is 6.92 Å². The first-order valence-electron chi connectivity index (χ1n) is 2.84. The monoisotopic (exact) mass is 135 g/mol. The lowest BCUT2D eigenvalue weighted by molar-refractivity contribution is -0.117. The van der Waals surface area contributed by atoms with Crippen molar-refractivity contribution in [2.24, 2.45) is 5.73 Å². The largest absolute Gasteiger partial charge is 0.330 e. The Morgan fingerprint density at radius 2 is 2.00 bits per heavy atom. The van der Waals surface area contributed by atoms with E-state index in [-0.39, 0.29) is 5.78 Å². The first-order chi connectivity index (χ1) is 4.27. The van der Waals surface area contributed by atoms with E-state index < -0.39 is 0 Å². The number of alkyl halides is 1. The fourth-order valence-electron chi connectivity index (χ4n) is 0.351. The molecule has 9 heavy (non-hydrogen) atoms. The highest BCUT2D eigenvalue weighted by molar-refractivity contribution is 5.75. The Hall–Kier alpha value is -0.440. The number of rotatable bonds is 3. The Labute approximate surface area is 55.2 Å². The van der Waals surface area contributed by atoms with Gasteiger partial charge in [0, 0.05) is 6.42 Å². The quantitative estimate of drug-likeness (QED) is 0.624. The number of nitrogens with two attached hydrogens (primary N) is 1. The highest BCUT2D eigenvalue weighted by atomic mass is 19.1. The zero-order valence-corrected chi connectivity index (χ0v) is 5.98. The van der Waals surface area contributed by atoms with Crippen LogP contribution in [0.25, 0.3) is 0 Å². The van der Waals surface area contributed by atoms with E-state index in [1.807, 2.05) is 0 Å². The van der Waals surface area contributed by atoms with Gasteiger partial charge in [0.2, 0.25) is 0 Å². The SMILES string of the molecule is CC(=O)CCCN.CF. The van der Waals surface area contributed by atoms with Crippen molar-refractivity contribution in [3.8, 4) is 0 Å². The maximum absolute atomic E-state index is 10.1. The molecule has 0 aliphatic carbocycles. The number of hydrogen-bond acceptors (Lipinski definition) is 2. The number of hydrogen-bond donors (Lipinski definition) is 1. The van der Waals surface area contributed by atoms with Crippen LogP contribution in [0.2, 0.25) is 0 Å². The van der Waals surface area contributed by atoms with Crippen LogP contribution in [-0.4, -0.2) is 19.5 Å². The molecule has 56 valence electrons. The summed E-state index contributed by atoms with van der Waals surface area (Å²) in [6, 6.07) is 0. The van der Waals surface area contributed by atoms with Gasteiger partial charge < -0.3 is 10.5 Å². The second-order valence-corrected chi connectivity index (χ2v) is 1.59. The molecule has 0 saturated heterocycles. The van der Waals surface area contributed by atoms with Crippen LogP contribution in [0.1, 0.15) is 19.8 Å². The molecule has 0 aromatic carbocycles. The Morgan fingerprint density at radius 1 is 1.56 bits per heavy atom. The van der Waals surface area contributed by atoms with Crippen LogP contribution in [0.5, 0.6) is 0 Å². The zero-order chi connectivity index (χ0) is 7.70. The molecular formula is C6H14FNO. The molecular weight excluding hydrogens is 121 g/mol. The molecule has 3 heteroatoms. The average Bonchev–Trinajstić information content (AvgIpc) is 1.88. The fourth-order valence-corrected chi connectivity index (χ4v) is 0.351. The van der Waals surface area contributed by atoms with Gasteiger partial charge >= 0.3 is 0 Å². The molecule has 0 unspecified atom stereocenters. The Kier molecular flexibility index (Phi) is 13.3. The van der Waals surface area contributed by atoms with Gasteiger partial charge in [-0.05, 0) is 19.9 Å². The first-order valence-corrected chi connectivity index (χ1v) is 2.84. The van der Waals surface area contributed by atoms with Gasteiger partial charge in [-0.2, -0.15) is 0 Å². The zero-order valence-electron chi connectivity index (χ0n) is 5.98. The molecule has 2 nitrogen and oxygen atoms in total. The molecule has 0 bridgehead atoms. The van der Waals surface area contributed by atoms with Gasteiger partial charge in [0.25, 0.3) is 0 Å². The molecule has 0 fully saturated rings. The third-order valence-electron chi connectivity index (χ3n) is 0.733. The summed E-state index contributed by atoms with van der Waals surface area (Å²) in [6.07, 6.45) is 1.46. The standard InChI is InChI=1S/C5H11NO.CH3F/c1-5(7)3-2-4-6;1-2/h2-4,6H2,1H3;1H3. The van der Waals surface area contributed by atoms with Crippen LogP contribution in [0.4, 0.5) is 4.39 Å². The highest BCUT2D eigenvalue weighted by Crippen LogP contribution is 1.84. The molecule has 0 aromatic heterocycles. The van der Waals surface area contributed by atoms with Crippen molar-refractivity contribution in [2.45, 2.75) is 19.8 Å². The minimum absolute atomic E-state index is 0.227. The van der Waals surface area contributed by atoms with Crippen molar-refractivity contribution in [2.75, 3.05) is 13.7 Å². The van der Waals surface area contributed by atoms with Gasteiger partial charge in [0.05, 0.1) is 7.18 Å². The van der Waals surface area contributed by atoms with Crippen molar-refractivity contribution >= 4 is 5.78 Å². The molecule has 2 N–H and O–H groups in total. The van der Waals surface area contributed by atoms with E-state index in [2.05, 4.69) is 0 Å². The smallest absolute Gasteiger partial charge is 0.129 e. The summed E-state index contributed by atoms with van der Waals surface area (Å²) in [5.41, 5.74) is 5.12. The van der Waals surface area contributed by atoms with Crippen LogP contribution in [-0.2, 0) is 4.79 Å². The van der Waals surface area contributed by atoms with E-state index in [0.29, 0.717) is 20.1 Å². The van der Waals surface area contributed by atoms with Crippen molar-refractivity contribution in [3.05, 3.63) is 0 Å². The van der Waals surface area contributed by atoms with Crippen LogP contribution < -0.4 is 5.73 Å². The molecule has 0 amide bonds. The second kappa shape index (κ2) is 10.5. The lowest BCUT2D eigenvalue weighted by Crippen LogP contribution is -2.00. The number of carbonyl (C=O) groups excluding carboxylic acids is 1. The minimum Gasteiger partial charge on any atom is -0.330 e. The summed E-state index contributed by atoms with van der Waals surface area (Å²) in [7, 11) is 0.500. The van der Waals surface area contributed by atoms with Gasteiger partial charge in [-0.15, -0.1) is 0 Å². The maximum atomic E-state index is 10.1. The molecule has 0 spiro atoms. The van der Waals surface area contributed by atoms with Gasteiger partial charge in [0.15, 0.2) is 0 Å². The van der Waals surface area contributed by atoms with Gasteiger partial charge in [0.1, 0.15) is 5.78 Å². The molecule has 0 aliphatic heterocycles. The topological polar surface area (TPSA) is 43.1 Å². The molecule has 0 aliphatic rings. The molecule has 0 rings (SSSR count). The number of ketones is 1. The number of Topliss-reactive ketones (excluding diaryl/α,β-unsaturated/α-hetero) is 1. The normalized spacial score (nSPS) is 7.56. The van der Waals surface area contributed by atoms with Crippen LogP contribution >= 0.6 is 0 Å². The number of halogens is 1. The Bertz CT molecular complexity index is 66.1. The second-order valence-electron chi connectivity index (χ2n) is 1.59. The van der Waals surface area contributed by atoms with Crippen molar-refractivity contribution in [3.63, 3.8) is 0 Å². The number of carbonyl (C=O) groups is 1. The van der Waals surface area contributed by atoms with Crippen molar-refractivity contribution in [1.82, 2.24) is 0 Å². The molecule has 0 saturated carbocycles. The Morgan fingerprint density at radius 3 is 2.11 bits per heavy atom. The lowest BCUT2D eigenvalue weighted by Gasteiger charge is -1.87. The van der Waals surface area contributed by atoms with E-state index in [4.69, 9.17) is 5.73 Å². The third kappa shape index (κ3) is 18.4. The summed E-state index contributed by atoms with van der Waals surface area (Å²) in [6.45, 7) is 2.20. The highest BCUT2D eigenvalue weighted by Gasteiger charge is 1.87. The molecule has 0 atom stereocenters. The third-order valence-corrected chi connectivity index (χ3v) is 0.733. The predicted molar refractivity (Wildman–Crippen MR) is 36.0 cm³/mol. The summed E-state index contributed by atoms with van der Waals surface area (Å²) < 4.78 is 9.50. The minimum atomic E-state index is 0.227. The Balaban J connectivity index is 0. The van der Waals surface area contributed by atoms with Gasteiger partial charge in [-0.3, -0.25) is 4.39 Å². The van der Waals surface area contributed by atoms with Crippen LogP contribution in [0, 0.1) is 0 Å². The van der Waals surface area contributed by atoms with E-state index in [0.717, 1.165) is 6.42 Å². The summed E-state index contributed by atoms with van der Waals surface area (Å²) >= 11 is 0.